The molecule has 0 spiro atoms. The number of halogens is 3. The van der Waals surface area contributed by atoms with E-state index >= 15 is 0 Å². The van der Waals surface area contributed by atoms with Crippen LogP contribution in [-0.4, -0.2) is 29.2 Å². The summed E-state index contributed by atoms with van der Waals surface area (Å²) in [5.74, 6) is -0.124. The normalized spacial score (nSPS) is 19.3. The Bertz CT molecular complexity index is 453. The molecule has 1 atom stereocenters. The summed E-state index contributed by atoms with van der Waals surface area (Å²) in [5, 5.41) is 0.949. The molecule has 0 bridgehead atoms. The summed E-state index contributed by atoms with van der Waals surface area (Å²) in [4.78, 5) is 14.0. The first-order chi connectivity index (χ1) is 8.61. The quantitative estimate of drug-likeness (QED) is 0.732. The molecular weight excluding hydrogens is 365 g/mol. The smallest absolute Gasteiger partial charge is 0.256 e. The molecule has 5 heteroatoms. The number of benzene rings is 1. The Kier molecular flexibility index (Phi) is 4.78. The monoisotopic (exact) mass is 377 g/mol. The van der Waals surface area contributed by atoms with Crippen molar-refractivity contribution in [3.05, 3.63) is 34.1 Å². The van der Waals surface area contributed by atoms with Gasteiger partial charge in [0.15, 0.2) is 0 Å². The molecule has 1 aliphatic heterocycles. The van der Waals surface area contributed by atoms with Crippen molar-refractivity contribution in [2.24, 2.45) is 5.92 Å². The van der Waals surface area contributed by atoms with Crippen molar-refractivity contribution in [1.29, 1.82) is 0 Å². The average Bonchev–Trinajstić information content (AvgIpc) is 2.80. The molecule has 1 aromatic carbocycles. The van der Waals surface area contributed by atoms with E-state index in [1.807, 2.05) is 0 Å². The lowest BCUT2D eigenvalue weighted by Gasteiger charge is -2.17. The molecule has 1 amide bonds. The first kappa shape index (κ1) is 14.0. The lowest BCUT2D eigenvalue weighted by molar-refractivity contribution is 0.0782. The van der Waals surface area contributed by atoms with Crippen LogP contribution in [0.5, 0.6) is 0 Å². The van der Waals surface area contributed by atoms with Gasteiger partial charge in [0.25, 0.3) is 5.91 Å². The second kappa shape index (κ2) is 6.15. The fourth-order valence-corrected chi connectivity index (χ4v) is 3.25. The number of carbonyl (C=O) groups is 1. The highest BCUT2D eigenvalue weighted by atomic mass is 79.9. The molecule has 2 rings (SSSR count). The van der Waals surface area contributed by atoms with E-state index in [4.69, 9.17) is 0 Å². The van der Waals surface area contributed by atoms with Crippen molar-refractivity contribution in [3.63, 3.8) is 0 Å². The lowest BCUT2D eigenvalue weighted by atomic mass is 10.1. The van der Waals surface area contributed by atoms with Crippen LogP contribution in [0.1, 0.15) is 23.2 Å². The molecule has 98 valence electrons. The lowest BCUT2D eigenvalue weighted by Crippen LogP contribution is -2.29. The van der Waals surface area contributed by atoms with Crippen LogP contribution in [0.25, 0.3) is 0 Å². The zero-order valence-corrected chi connectivity index (χ0v) is 13.0. The molecule has 0 aliphatic carbocycles. The van der Waals surface area contributed by atoms with Crippen LogP contribution in [0.15, 0.2) is 22.7 Å². The van der Waals surface area contributed by atoms with Gasteiger partial charge in [-0.1, -0.05) is 31.9 Å². The number of likely N-dealkylation sites (tertiary alicyclic amines) is 1. The molecule has 1 saturated heterocycles. The van der Waals surface area contributed by atoms with Crippen LogP contribution in [-0.2, 0) is 0 Å². The van der Waals surface area contributed by atoms with Gasteiger partial charge in [-0.05, 0) is 37.0 Å². The Morgan fingerprint density at radius 2 is 2.28 bits per heavy atom. The highest BCUT2D eigenvalue weighted by Gasteiger charge is 2.27. The van der Waals surface area contributed by atoms with E-state index in [1.54, 1.807) is 17.0 Å². The number of amides is 1. The Labute approximate surface area is 123 Å². The summed E-state index contributed by atoms with van der Waals surface area (Å²) in [6.07, 6.45) is 2.07. The standard InChI is InChI=1S/C13H14Br2FNO/c14-5-3-9-4-6-17(8-9)13(18)11-7-10(15)1-2-12(11)16/h1-2,7,9H,3-6,8H2. The minimum absolute atomic E-state index is 0.156. The van der Waals surface area contributed by atoms with E-state index < -0.39 is 5.82 Å². The van der Waals surface area contributed by atoms with Crippen LogP contribution in [0, 0.1) is 11.7 Å². The zero-order chi connectivity index (χ0) is 13.1. The molecular formula is C13H14Br2FNO. The maximum absolute atomic E-state index is 13.6. The summed E-state index contributed by atoms with van der Waals surface area (Å²) in [6.45, 7) is 1.46. The third-order valence-electron chi connectivity index (χ3n) is 3.25. The van der Waals surface area contributed by atoms with Crippen molar-refractivity contribution in [3.8, 4) is 0 Å². The van der Waals surface area contributed by atoms with Crippen molar-refractivity contribution in [2.45, 2.75) is 12.8 Å². The summed E-state index contributed by atoms with van der Waals surface area (Å²) >= 11 is 6.68. The summed E-state index contributed by atoms with van der Waals surface area (Å²) < 4.78 is 14.4. The number of alkyl halides is 1. The molecule has 2 nitrogen and oxygen atoms in total. The van der Waals surface area contributed by atoms with Crippen molar-refractivity contribution >= 4 is 37.8 Å². The van der Waals surface area contributed by atoms with E-state index in [1.165, 1.54) is 6.07 Å². The van der Waals surface area contributed by atoms with E-state index in [2.05, 4.69) is 31.9 Å². The van der Waals surface area contributed by atoms with Gasteiger partial charge in [-0.3, -0.25) is 4.79 Å². The van der Waals surface area contributed by atoms with Gasteiger partial charge in [-0.15, -0.1) is 0 Å². The van der Waals surface area contributed by atoms with Crippen LogP contribution < -0.4 is 0 Å². The number of hydrogen-bond donors (Lipinski definition) is 0. The number of carbonyl (C=O) groups excluding carboxylic acids is 1. The zero-order valence-electron chi connectivity index (χ0n) is 9.83. The Hall–Kier alpha value is -0.420. The first-order valence-corrected chi connectivity index (χ1v) is 7.83. The third kappa shape index (κ3) is 3.12. The maximum atomic E-state index is 13.6. The van der Waals surface area contributed by atoms with Crippen LogP contribution >= 0.6 is 31.9 Å². The molecule has 1 fully saturated rings. The van der Waals surface area contributed by atoms with Crippen molar-refractivity contribution in [1.82, 2.24) is 4.90 Å². The fraction of sp³-hybridized carbons (Fsp3) is 0.462. The maximum Gasteiger partial charge on any atom is 0.256 e. The van der Waals surface area contributed by atoms with Crippen molar-refractivity contribution in [2.75, 3.05) is 18.4 Å². The molecule has 0 N–H and O–H groups in total. The number of rotatable bonds is 3. The van der Waals surface area contributed by atoms with Crippen LogP contribution in [0.2, 0.25) is 0 Å². The van der Waals surface area contributed by atoms with Crippen molar-refractivity contribution < 1.29 is 9.18 Å². The average molecular weight is 379 g/mol. The highest BCUT2D eigenvalue weighted by molar-refractivity contribution is 9.10. The third-order valence-corrected chi connectivity index (χ3v) is 4.20. The molecule has 0 aromatic heterocycles. The summed E-state index contributed by atoms with van der Waals surface area (Å²) in [6, 6.07) is 4.47. The summed E-state index contributed by atoms with van der Waals surface area (Å²) in [7, 11) is 0. The largest absolute Gasteiger partial charge is 0.338 e. The molecule has 1 aliphatic rings. The topological polar surface area (TPSA) is 20.3 Å². The van der Waals surface area contributed by atoms with E-state index in [-0.39, 0.29) is 11.5 Å². The SMILES string of the molecule is O=C(c1cc(Br)ccc1F)N1CCC(CCBr)C1. The van der Waals surface area contributed by atoms with Crippen LogP contribution in [0.4, 0.5) is 4.39 Å². The molecule has 0 saturated carbocycles. The van der Waals surface area contributed by atoms with Gasteiger partial charge in [0.05, 0.1) is 5.56 Å². The predicted molar refractivity (Wildman–Crippen MR) is 76.5 cm³/mol. The van der Waals surface area contributed by atoms with Gasteiger partial charge in [0.1, 0.15) is 5.82 Å². The van der Waals surface area contributed by atoms with Gasteiger partial charge >= 0.3 is 0 Å². The minimum atomic E-state index is -0.452. The van der Waals surface area contributed by atoms with Gasteiger partial charge in [-0.25, -0.2) is 4.39 Å². The van der Waals surface area contributed by atoms with E-state index in [9.17, 15) is 9.18 Å². The molecule has 0 radical (unpaired) electrons. The van der Waals surface area contributed by atoms with E-state index in [0.29, 0.717) is 5.92 Å². The van der Waals surface area contributed by atoms with Gasteiger partial charge in [0.2, 0.25) is 0 Å². The number of nitrogens with zero attached hydrogens (tertiary/aromatic N) is 1. The summed E-state index contributed by atoms with van der Waals surface area (Å²) in [5.41, 5.74) is 0.156. The van der Waals surface area contributed by atoms with Gasteiger partial charge in [0, 0.05) is 22.9 Å². The predicted octanol–water partition coefficient (Wildman–Crippen LogP) is 3.84. The minimum Gasteiger partial charge on any atom is -0.338 e. The second-order valence-corrected chi connectivity index (χ2v) is 6.22. The molecule has 18 heavy (non-hydrogen) atoms. The molecule has 1 aromatic rings. The van der Waals surface area contributed by atoms with E-state index in [0.717, 1.165) is 35.7 Å². The van der Waals surface area contributed by atoms with Gasteiger partial charge in [-0.2, -0.15) is 0 Å². The Balaban J connectivity index is 2.10. The first-order valence-electron chi connectivity index (χ1n) is 5.92. The number of hydrogen-bond acceptors (Lipinski definition) is 1. The highest BCUT2D eigenvalue weighted by Crippen LogP contribution is 2.24. The van der Waals surface area contributed by atoms with Crippen LogP contribution in [0.3, 0.4) is 0 Å². The molecule has 1 unspecified atom stereocenters. The van der Waals surface area contributed by atoms with Gasteiger partial charge < -0.3 is 4.90 Å². The molecule has 1 heterocycles. The Morgan fingerprint density at radius 1 is 1.50 bits per heavy atom. The second-order valence-electron chi connectivity index (χ2n) is 4.51. The Morgan fingerprint density at radius 3 is 3.00 bits per heavy atom. The fourth-order valence-electron chi connectivity index (χ4n) is 2.24.